The number of thioether (sulfide) groups is 3. The minimum atomic E-state index is -0.142. The molecular formula is C22H37NOS3. The molecule has 27 heavy (non-hydrogen) atoms. The number of anilines is 1. The van der Waals surface area contributed by atoms with Gasteiger partial charge in [0.2, 0.25) is 0 Å². The molecule has 0 radical (unpaired) electrons. The van der Waals surface area contributed by atoms with E-state index in [0.29, 0.717) is 0 Å². The highest BCUT2D eigenvalue weighted by molar-refractivity contribution is 8.00. The van der Waals surface area contributed by atoms with Gasteiger partial charge < -0.3 is 9.64 Å². The largest absolute Gasteiger partial charge is 0.488 e. The first kappa shape index (κ1) is 23.2. The number of nitrogens with zero attached hydrogens (tertiary/aromatic N) is 1. The Hall–Kier alpha value is -0.130. The average Bonchev–Trinajstić information content (AvgIpc) is 2.61. The van der Waals surface area contributed by atoms with Gasteiger partial charge in [0.25, 0.3) is 0 Å². The molecule has 1 aliphatic rings. The van der Waals surface area contributed by atoms with Crippen LogP contribution in [0.1, 0.15) is 46.5 Å². The first-order chi connectivity index (χ1) is 13.0. The van der Waals surface area contributed by atoms with Crippen LogP contribution >= 0.6 is 35.3 Å². The third-order valence-corrected chi connectivity index (χ3v) is 7.68. The third-order valence-electron chi connectivity index (χ3n) is 4.21. The van der Waals surface area contributed by atoms with E-state index < -0.39 is 0 Å². The summed E-state index contributed by atoms with van der Waals surface area (Å²) in [5.41, 5.74) is 1.19. The second-order valence-corrected chi connectivity index (χ2v) is 11.6. The van der Waals surface area contributed by atoms with Crippen molar-refractivity contribution in [2.45, 2.75) is 52.1 Å². The molecule has 0 spiro atoms. The molecule has 0 bridgehead atoms. The predicted octanol–water partition coefficient (Wildman–Crippen LogP) is 6.44. The minimum Gasteiger partial charge on any atom is -0.488 e. The maximum atomic E-state index is 5.98. The molecule has 0 amide bonds. The van der Waals surface area contributed by atoms with E-state index in [1.807, 2.05) is 0 Å². The highest BCUT2D eigenvalue weighted by Crippen LogP contribution is 2.24. The first-order valence-corrected chi connectivity index (χ1v) is 13.8. The van der Waals surface area contributed by atoms with E-state index in [2.05, 4.69) is 85.2 Å². The van der Waals surface area contributed by atoms with E-state index in [4.69, 9.17) is 4.74 Å². The van der Waals surface area contributed by atoms with Gasteiger partial charge in [0, 0.05) is 18.8 Å². The first-order valence-electron chi connectivity index (χ1n) is 10.3. The van der Waals surface area contributed by atoms with E-state index in [1.165, 1.54) is 65.9 Å². The lowest BCUT2D eigenvalue weighted by Crippen LogP contribution is -2.27. The summed E-state index contributed by atoms with van der Waals surface area (Å²) in [6.45, 7) is 8.61. The van der Waals surface area contributed by atoms with Crippen molar-refractivity contribution >= 4 is 41.0 Å². The third kappa shape index (κ3) is 10.8. The Bertz CT molecular complexity index is 485. The van der Waals surface area contributed by atoms with Crippen molar-refractivity contribution < 1.29 is 4.74 Å². The molecule has 1 aliphatic heterocycles. The molecule has 0 aromatic heterocycles. The van der Waals surface area contributed by atoms with E-state index in [9.17, 15) is 0 Å². The van der Waals surface area contributed by atoms with Gasteiger partial charge in [0.1, 0.15) is 11.4 Å². The van der Waals surface area contributed by atoms with Crippen LogP contribution in [0.5, 0.6) is 5.75 Å². The van der Waals surface area contributed by atoms with Gasteiger partial charge in [-0.05, 0) is 105 Å². The van der Waals surface area contributed by atoms with Gasteiger partial charge in [-0.2, -0.15) is 35.3 Å². The zero-order valence-electron chi connectivity index (χ0n) is 17.4. The lowest BCUT2D eigenvalue weighted by molar-refractivity contribution is 0.131. The molecule has 1 saturated heterocycles. The molecule has 1 aromatic carbocycles. The molecule has 0 unspecified atom stereocenters. The SMILES string of the molecule is CC(C)(C)Oc1ccc(N2CCCSCCCSCCCSCCC2)cc1. The number of rotatable bonds is 2. The van der Waals surface area contributed by atoms with Gasteiger partial charge in [-0.1, -0.05) is 0 Å². The maximum absolute atomic E-state index is 5.98. The van der Waals surface area contributed by atoms with Gasteiger partial charge in [0.05, 0.1) is 0 Å². The summed E-state index contributed by atoms with van der Waals surface area (Å²) >= 11 is 6.41. The van der Waals surface area contributed by atoms with Crippen molar-refractivity contribution in [3.05, 3.63) is 24.3 Å². The summed E-state index contributed by atoms with van der Waals surface area (Å²) in [6.07, 6.45) is 5.26. The highest BCUT2D eigenvalue weighted by Gasteiger charge is 2.12. The fourth-order valence-electron chi connectivity index (χ4n) is 3.00. The van der Waals surface area contributed by atoms with Crippen molar-refractivity contribution in [1.29, 1.82) is 0 Å². The highest BCUT2D eigenvalue weighted by atomic mass is 32.2. The van der Waals surface area contributed by atoms with E-state index in [0.717, 1.165) is 18.8 Å². The van der Waals surface area contributed by atoms with Gasteiger partial charge in [-0.25, -0.2) is 0 Å². The maximum Gasteiger partial charge on any atom is 0.120 e. The molecule has 1 fully saturated rings. The van der Waals surface area contributed by atoms with Gasteiger partial charge >= 0.3 is 0 Å². The summed E-state index contributed by atoms with van der Waals surface area (Å²) in [5.74, 6) is 8.84. The molecule has 154 valence electrons. The Balaban J connectivity index is 1.89. The fourth-order valence-corrected chi connectivity index (χ4v) is 6.03. The van der Waals surface area contributed by atoms with Crippen molar-refractivity contribution in [3.8, 4) is 5.75 Å². The lowest BCUT2D eigenvalue weighted by Gasteiger charge is -2.26. The van der Waals surface area contributed by atoms with E-state index in [-0.39, 0.29) is 5.60 Å². The minimum absolute atomic E-state index is 0.142. The fraction of sp³-hybridized carbons (Fsp3) is 0.727. The zero-order valence-corrected chi connectivity index (χ0v) is 19.8. The van der Waals surface area contributed by atoms with Crippen LogP contribution in [0.15, 0.2) is 24.3 Å². The summed E-state index contributed by atoms with van der Waals surface area (Å²) in [7, 11) is 0. The molecule has 0 aliphatic carbocycles. The van der Waals surface area contributed by atoms with Crippen LogP contribution in [-0.2, 0) is 0 Å². The molecule has 2 nitrogen and oxygen atoms in total. The topological polar surface area (TPSA) is 12.5 Å². The van der Waals surface area contributed by atoms with Crippen molar-refractivity contribution in [2.24, 2.45) is 0 Å². The second kappa shape index (κ2) is 13.2. The van der Waals surface area contributed by atoms with Crippen LogP contribution in [0.2, 0.25) is 0 Å². The Morgan fingerprint density at radius 1 is 0.704 bits per heavy atom. The Morgan fingerprint density at radius 2 is 1.15 bits per heavy atom. The molecule has 5 heteroatoms. The van der Waals surface area contributed by atoms with Crippen molar-refractivity contribution in [3.63, 3.8) is 0 Å². The molecule has 2 rings (SSSR count). The normalized spacial score (nSPS) is 19.6. The summed E-state index contributed by atoms with van der Waals surface area (Å²) in [4.78, 5) is 2.57. The van der Waals surface area contributed by atoms with E-state index >= 15 is 0 Å². The quantitative estimate of drug-likeness (QED) is 0.536. The molecular weight excluding hydrogens is 390 g/mol. The van der Waals surface area contributed by atoms with Gasteiger partial charge in [0.15, 0.2) is 0 Å². The average molecular weight is 428 g/mol. The molecule has 1 heterocycles. The zero-order chi connectivity index (χ0) is 19.4. The van der Waals surface area contributed by atoms with Crippen LogP contribution < -0.4 is 9.64 Å². The Morgan fingerprint density at radius 3 is 1.59 bits per heavy atom. The number of ether oxygens (including phenoxy) is 1. The molecule has 0 saturated carbocycles. The van der Waals surface area contributed by atoms with Crippen LogP contribution in [0, 0.1) is 0 Å². The number of hydrogen-bond donors (Lipinski definition) is 0. The summed E-state index contributed by atoms with van der Waals surface area (Å²) in [6, 6.07) is 8.72. The van der Waals surface area contributed by atoms with Gasteiger partial charge in [-0.15, -0.1) is 0 Å². The molecule has 0 N–H and O–H groups in total. The van der Waals surface area contributed by atoms with Crippen LogP contribution in [-0.4, -0.2) is 53.2 Å². The second-order valence-electron chi connectivity index (χ2n) is 7.95. The summed E-state index contributed by atoms with van der Waals surface area (Å²) in [5, 5.41) is 0. The predicted molar refractivity (Wildman–Crippen MR) is 129 cm³/mol. The molecule has 1 aromatic rings. The Kier molecular flexibility index (Phi) is 11.3. The Labute approximate surface area is 180 Å². The van der Waals surface area contributed by atoms with Crippen molar-refractivity contribution in [1.82, 2.24) is 0 Å². The van der Waals surface area contributed by atoms with Crippen LogP contribution in [0.3, 0.4) is 0 Å². The van der Waals surface area contributed by atoms with Crippen LogP contribution in [0.25, 0.3) is 0 Å². The monoisotopic (exact) mass is 427 g/mol. The molecule has 0 atom stereocenters. The number of benzene rings is 1. The number of hydrogen-bond acceptors (Lipinski definition) is 5. The van der Waals surface area contributed by atoms with E-state index in [1.54, 1.807) is 0 Å². The summed E-state index contributed by atoms with van der Waals surface area (Å²) < 4.78 is 5.98. The standard InChI is InChI=1S/C22H37NOS3/c1-22(2,3)24-21-10-8-20(9-11-21)23-12-4-14-25-16-6-18-27-19-7-17-26-15-5-13-23/h8-11H,4-7,12-19H2,1-3H3. The van der Waals surface area contributed by atoms with Gasteiger partial charge in [-0.3, -0.25) is 0 Å². The van der Waals surface area contributed by atoms with Crippen molar-refractivity contribution in [2.75, 3.05) is 52.5 Å². The lowest BCUT2D eigenvalue weighted by atomic mass is 10.2. The smallest absolute Gasteiger partial charge is 0.120 e. The van der Waals surface area contributed by atoms with Crippen LogP contribution in [0.4, 0.5) is 5.69 Å².